The summed E-state index contributed by atoms with van der Waals surface area (Å²) >= 11 is 0. The fourth-order valence-electron chi connectivity index (χ4n) is 2.36. The first kappa shape index (κ1) is 15.9. The highest BCUT2D eigenvalue weighted by atomic mass is 16.5. The van der Waals surface area contributed by atoms with Crippen LogP contribution in [0, 0.1) is 0 Å². The summed E-state index contributed by atoms with van der Waals surface area (Å²) in [6, 6.07) is 13.7. The number of benzene rings is 1. The van der Waals surface area contributed by atoms with Gasteiger partial charge in [-0.25, -0.2) is 0 Å². The SMILES string of the molecule is CC(=O)N(CCc1ccccc1)Cc1nc(-c2ccncc2)no1. The van der Waals surface area contributed by atoms with Gasteiger partial charge >= 0.3 is 0 Å². The summed E-state index contributed by atoms with van der Waals surface area (Å²) in [5, 5.41) is 3.97. The van der Waals surface area contributed by atoms with Crippen molar-refractivity contribution in [3.63, 3.8) is 0 Å². The second-order valence-electron chi connectivity index (χ2n) is 5.42. The summed E-state index contributed by atoms with van der Waals surface area (Å²) in [5.74, 6) is 0.902. The molecular weight excluding hydrogens is 304 g/mol. The lowest BCUT2D eigenvalue weighted by Gasteiger charge is -2.18. The van der Waals surface area contributed by atoms with Gasteiger partial charge in [0.1, 0.15) is 0 Å². The van der Waals surface area contributed by atoms with E-state index in [0.29, 0.717) is 24.8 Å². The van der Waals surface area contributed by atoms with Crippen molar-refractivity contribution < 1.29 is 9.32 Å². The largest absolute Gasteiger partial charge is 0.337 e. The molecule has 0 radical (unpaired) electrons. The van der Waals surface area contributed by atoms with E-state index >= 15 is 0 Å². The third-order valence-electron chi connectivity index (χ3n) is 3.69. The molecule has 3 rings (SSSR count). The molecule has 0 saturated carbocycles. The number of hydrogen-bond acceptors (Lipinski definition) is 5. The third kappa shape index (κ3) is 4.04. The molecule has 0 aliphatic carbocycles. The fraction of sp³-hybridized carbons (Fsp3) is 0.222. The summed E-state index contributed by atoms with van der Waals surface area (Å²) in [4.78, 5) is 21.9. The molecule has 6 nitrogen and oxygen atoms in total. The van der Waals surface area contributed by atoms with Gasteiger partial charge in [-0.1, -0.05) is 35.5 Å². The van der Waals surface area contributed by atoms with Crippen molar-refractivity contribution in [3.05, 3.63) is 66.3 Å². The normalized spacial score (nSPS) is 10.5. The Balaban J connectivity index is 1.66. The van der Waals surface area contributed by atoms with Gasteiger partial charge in [-0.2, -0.15) is 4.98 Å². The molecule has 0 atom stereocenters. The minimum absolute atomic E-state index is 0.0189. The quantitative estimate of drug-likeness (QED) is 0.698. The van der Waals surface area contributed by atoms with E-state index in [-0.39, 0.29) is 5.91 Å². The van der Waals surface area contributed by atoms with Gasteiger partial charge in [-0.15, -0.1) is 0 Å². The average molecular weight is 322 g/mol. The Bertz CT molecular complexity index is 787. The summed E-state index contributed by atoms with van der Waals surface area (Å²) in [7, 11) is 0. The predicted octanol–water partition coefficient (Wildman–Crippen LogP) is 2.72. The number of carbonyl (C=O) groups excluding carboxylic acids is 1. The minimum atomic E-state index is -0.0189. The number of rotatable bonds is 6. The van der Waals surface area contributed by atoms with Crippen LogP contribution >= 0.6 is 0 Å². The Labute approximate surface area is 140 Å². The van der Waals surface area contributed by atoms with Crippen molar-refractivity contribution in [3.8, 4) is 11.4 Å². The summed E-state index contributed by atoms with van der Waals surface area (Å²) in [6.45, 7) is 2.46. The Morgan fingerprint density at radius 1 is 1.12 bits per heavy atom. The molecule has 0 spiro atoms. The summed E-state index contributed by atoms with van der Waals surface area (Å²) < 4.78 is 5.28. The van der Waals surface area contributed by atoms with Gasteiger partial charge < -0.3 is 9.42 Å². The topological polar surface area (TPSA) is 72.1 Å². The van der Waals surface area contributed by atoms with Crippen LogP contribution in [0.5, 0.6) is 0 Å². The van der Waals surface area contributed by atoms with Crippen molar-refractivity contribution in [1.29, 1.82) is 0 Å². The van der Waals surface area contributed by atoms with Gasteiger partial charge in [-0.3, -0.25) is 9.78 Å². The molecule has 0 bridgehead atoms. The van der Waals surface area contributed by atoms with E-state index in [1.54, 1.807) is 24.2 Å². The van der Waals surface area contributed by atoms with Crippen molar-refractivity contribution >= 4 is 5.91 Å². The molecule has 1 aromatic carbocycles. The lowest BCUT2D eigenvalue weighted by atomic mass is 10.1. The van der Waals surface area contributed by atoms with E-state index in [1.165, 1.54) is 5.56 Å². The molecule has 3 aromatic rings. The van der Waals surface area contributed by atoms with E-state index < -0.39 is 0 Å². The minimum Gasteiger partial charge on any atom is -0.337 e. The zero-order valence-electron chi connectivity index (χ0n) is 13.4. The lowest BCUT2D eigenvalue weighted by molar-refractivity contribution is -0.129. The van der Waals surface area contributed by atoms with Crippen LogP contribution < -0.4 is 0 Å². The van der Waals surface area contributed by atoms with Gasteiger partial charge in [-0.05, 0) is 24.1 Å². The highest BCUT2D eigenvalue weighted by Gasteiger charge is 2.15. The average Bonchev–Trinajstić information content (AvgIpc) is 3.09. The molecule has 6 heteroatoms. The van der Waals surface area contributed by atoms with Gasteiger partial charge in [0.25, 0.3) is 0 Å². The van der Waals surface area contributed by atoms with E-state index in [9.17, 15) is 4.79 Å². The maximum absolute atomic E-state index is 11.9. The highest BCUT2D eigenvalue weighted by Crippen LogP contribution is 2.15. The van der Waals surface area contributed by atoms with Crippen molar-refractivity contribution in [2.24, 2.45) is 0 Å². The van der Waals surface area contributed by atoms with E-state index in [4.69, 9.17) is 4.52 Å². The van der Waals surface area contributed by atoms with Crippen LogP contribution in [0.25, 0.3) is 11.4 Å². The van der Waals surface area contributed by atoms with E-state index in [2.05, 4.69) is 15.1 Å². The third-order valence-corrected chi connectivity index (χ3v) is 3.69. The maximum atomic E-state index is 11.9. The molecule has 122 valence electrons. The molecule has 0 aliphatic rings. The van der Waals surface area contributed by atoms with Crippen LogP contribution in [0.4, 0.5) is 0 Å². The zero-order valence-corrected chi connectivity index (χ0v) is 13.4. The first-order valence-electron chi connectivity index (χ1n) is 7.75. The zero-order chi connectivity index (χ0) is 16.8. The van der Waals surface area contributed by atoms with Crippen molar-refractivity contribution in [1.82, 2.24) is 20.0 Å². The first-order chi connectivity index (χ1) is 11.7. The first-order valence-corrected chi connectivity index (χ1v) is 7.75. The van der Waals surface area contributed by atoms with Crippen LogP contribution in [-0.4, -0.2) is 32.5 Å². The van der Waals surface area contributed by atoms with Crippen LogP contribution in [0.2, 0.25) is 0 Å². The number of hydrogen-bond donors (Lipinski definition) is 0. The van der Waals surface area contributed by atoms with Gasteiger partial charge in [0.15, 0.2) is 0 Å². The van der Waals surface area contributed by atoms with Gasteiger partial charge in [0, 0.05) is 31.4 Å². The summed E-state index contributed by atoms with van der Waals surface area (Å²) in [6.07, 6.45) is 4.13. The second kappa shape index (κ2) is 7.50. The van der Waals surface area contributed by atoms with Crippen LogP contribution in [0.3, 0.4) is 0 Å². The Kier molecular flexibility index (Phi) is 4.96. The molecule has 2 aromatic heterocycles. The van der Waals surface area contributed by atoms with E-state index in [0.717, 1.165) is 12.0 Å². The molecule has 0 unspecified atom stereocenters. The number of pyridine rings is 1. The number of carbonyl (C=O) groups is 1. The maximum Gasteiger partial charge on any atom is 0.246 e. The standard InChI is InChI=1S/C18H18N4O2/c1-14(23)22(12-9-15-5-3-2-4-6-15)13-17-20-18(21-24-17)16-7-10-19-11-8-16/h2-8,10-11H,9,12-13H2,1H3. The van der Waals surface area contributed by atoms with Gasteiger partial charge in [0.05, 0.1) is 6.54 Å². The number of aromatic nitrogens is 3. The van der Waals surface area contributed by atoms with Crippen molar-refractivity contribution in [2.45, 2.75) is 19.9 Å². The summed E-state index contributed by atoms with van der Waals surface area (Å²) in [5.41, 5.74) is 2.02. The molecular formula is C18H18N4O2. The Morgan fingerprint density at radius 3 is 2.58 bits per heavy atom. The lowest BCUT2D eigenvalue weighted by Crippen LogP contribution is -2.30. The number of amides is 1. The molecule has 0 N–H and O–H groups in total. The Morgan fingerprint density at radius 2 is 1.88 bits per heavy atom. The molecule has 0 saturated heterocycles. The van der Waals surface area contributed by atoms with E-state index in [1.807, 2.05) is 42.5 Å². The monoisotopic (exact) mass is 322 g/mol. The smallest absolute Gasteiger partial charge is 0.246 e. The molecule has 0 fully saturated rings. The van der Waals surface area contributed by atoms with Crippen LogP contribution in [0.1, 0.15) is 18.4 Å². The number of nitrogens with zero attached hydrogens (tertiary/aromatic N) is 4. The fourth-order valence-corrected chi connectivity index (χ4v) is 2.36. The van der Waals surface area contributed by atoms with Crippen LogP contribution in [0.15, 0.2) is 59.4 Å². The Hall–Kier alpha value is -3.02. The highest BCUT2D eigenvalue weighted by molar-refractivity contribution is 5.73. The van der Waals surface area contributed by atoms with Crippen molar-refractivity contribution in [2.75, 3.05) is 6.54 Å². The molecule has 0 aliphatic heterocycles. The van der Waals surface area contributed by atoms with Crippen LogP contribution in [-0.2, 0) is 17.8 Å². The molecule has 24 heavy (non-hydrogen) atoms. The second-order valence-corrected chi connectivity index (χ2v) is 5.42. The molecule has 2 heterocycles. The molecule has 1 amide bonds. The predicted molar refractivity (Wildman–Crippen MR) is 88.8 cm³/mol. The van der Waals surface area contributed by atoms with Gasteiger partial charge in [0.2, 0.25) is 17.6 Å².